The molecule has 1 atom stereocenters. The predicted octanol–water partition coefficient (Wildman–Crippen LogP) is 0.760. The van der Waals surface area contributed by atoms with Gasteiger partial charge in [-0.3, -0.25) is 15.2 Å². The van der Waals surface area contributed by atoms with Gasteiger partial charge in [-0.2, -0.15) is 10.2 Å². The zero-order valence-electron chi connectivity index (χ0n) is 12.4. The molecule has 0 aliphatic carbocycles. The molecule has 0 bridgehead atoms. The maximum Gasteiger partial charge on any atom is 0.162 e. The van der Waals surface area contributed by atoms with Crippen molar-refractivity contribution < 1.29 is 4.74 Å². The molecule has 0 spiro atoms. The quantitative estimate of drug-likeness (QED) is 0.602. The van der Waals surface area contributed by atoms with Gasteiger partial charge in [0.05, 0.1) is 24.7 Å². The van der Waals surface area contributed by atoms with Gasteiger partial charge in [-0.1, -0.05) is 6.92 Å². The first kappa shape index (κ1) is 14.5. The van der Waals surface area contributed by atoms with Crippen LogP contribution in [0.3, 0.4) is 0 Å². The maximum absolute atomic E-state index is 5.78. The van der Waals surface area contributed by atoms with Gasteiger partial charge in [0.2, 0.25) is 0 Å². The Morgan fingerprint density at radius 3 is 2.75 bits per heavy atom. The molecule has 2 aromatic rings. The second kappa shape index (κ2) is 6.06. The van der Waals surface area contributed by atoms with Crippen molar-refractivity contribution >= 4 is 0 Å². The molecular weight excluding hydrogens is 256 g/mol. The van der Waals surface area contributed by atoms with Gasteiger partial charge in [-0.25, -0.2) is 5.43 Å². The topological polar surface area (TPSA) is 82.9 Å². The molecule has 7 heteroatoms. The molecule has 0 amide bonds. The van der Waals surface area contributed by atoms with Crippen LogP contribution in [0.4, 0.5) is 0 Å². The monoisotopic (exact) mass is 278 g/mol. The highest BCUT2D eigenvalue weighted by Gasteiger charge is 2.25. The Balaban J connectivity index is 2.51. The SMILES string of the molecule is CCc1cc(C(NN)c2c(OC)cnn2C)n(CC)n1. The second-order valence-electron chi connectivity index (χ2n) is 4.55. The summed E-state index contributed by atoms with van der Waals surface area (Å²) in [6.07, 6.45) is 2.58. The number of methoxy groups -OCH3 is 1. The molecule has 2 aromatic heterocycles. The van der Waals surface area contributed by atoms with Gasteiger partial charge < -0.3 is 4.74 Å². The number of aromatic nitrogens is 4. The Bertz CT molecular complexity index is 573. The zero-order chi connectivity index (χ0) is 14.7. The highest BCUT2D eigenvalue weighted by atomic mass is 16.5. The van der Waals surface area contributed by atoms with E-state index in [0.29, 0.717) is 5.75 Å². The van der Waals surface area contributed by atoms with Crippen LogP contribution in [-0.4, -0.2) is 26.7 Å². The third-order valence-electron chi connectivity index (χ3n) is 3.43. The lowest BCUT2D eigenvalue weighted by Crippen LogP contribution is -2.32. The van der Waals surface area contributed by atoms with E-state index in [1.807, 2.05) is 11.7 Å². The molecule has 0 radical (unpaired) electrons. The van der Waals surface area contributed by atoms with Crippen molar-refractivity contribution in [2.75, 3.05) is 7.11 Å². The minimum absolute atomic E-state index is 0.217. The summed E-state index contributed by atoms with van der Waals surface area (Å²) in [5.74, 6) is 6.48. The number of hydrogen-bond acceptors (Lipinski definition) is 5. The first-order valence-corrected chi connectivity index (χ1v) is 6.74. The van der Waals surface area contributed by atoms with Crippen molar-refractivity contribution in [1.82, 2.24) is 25.0 Å². The minimum atomic E-state index is -0.217. The molecule has 2 rings (SSSR count). The van der Waals surface area contributed by atoms with Crippen LogP contribution in [0.25, 0.3) is 0 Å². The molecule has 3 N–H and O–H groups in total. The third kappa shape index (κ3) is 2.41. The number of aryl methyl sites for hydroxylation is 3. The standard InChI is InChI=1S/C13H22N6O/c1-5-9-7-10(19(6-2)17-9)12(16-14)13-11(20-4)8-15-18(13)3/h7-8,12,16H,5-6,14H2,1-4H3. The fraction of sp³-hybridized carbons (Fsp3) is 0.538. The zero-order valence-corrected chi connectivity index (χ0v) is 12.4. The molecule has 0 aliphatic rings. The molecule has 0 aliphatic heterocycles. The van der Waals surface area contributed by atoms with Crippen molar-refractivity contribution in [2.24, 2.45) is 12.9 Å². The highest BCUT2D eigenvalue weighted by molar-refractivity contribution is 5.34. The summed E-state index contributed by atoms with van der Waals surface area (Å²) in [7, 11) is 3.50. The van der Waals surface area contributed by atoms with Gasteiger partial charge in [0.25, 0.3) is 0 Å². The lowest BCUT2D eigenvalue weighted by Gasteiger charge is -2.18. The first-order chi connectivity index (χ1) is 9.65. The molecule has 0 aromatic carbocycles. The smallest absolute Gasteiger partial charge is 0.162 e. The average molecular weight is 278 g/mol. The molecule has 0 saturated carbocycles. The van der Waals surface area contributed by atoms with Crippen LogP contribution in [0, 0.1) is 0 Å². The largest absolute Gasteiger partial charge is 0.493 e. The van der Waals surface area contributed by atoms with E-state index in [4.69, 9.17) is 10.6 Å². The number of nitrogens with one attached hydrogen (secondary N) is 1. The van der Waals surface area contributed by atoms with E-state index >= 15 is 0 Å². The normalized spacial score (nSPS) is 12.7. The summed E-state index contributed by atoms with van der Waals surface area (Å²) < 4.78 is 9.09. The molecule has 1 unspecified atom stereocenters. The number of ether oxygens (including phenoxy) is 1. The number of hydrazine groups is 1. The Hall–Kier alpha value is -1.86. The summed E-state index contributed by atoms with van der Waals surface area (Å²) in [6.45, 7) is 4.93. The lowest BCUT2D eigenvalue weighted by atomic mass is 10.1. The summed E-state index contributed by atoms with van der Waals surface area (Å²) in [6, 6.07) is 1.85. The summed E-state index contributed by atoms with van der Waals surface area (Å²) in [5, 5.41) is 8.79. The van der Waals surface area contributed by atoms with E-state index < -0.39 is 0 Å². The molecule has 0 saturated heterocycles. The first-order valence-electron chi connectivity index (χ1n) is 6.74. The van der Waals surface area contributed by atoms with Gasteiger partial charge in [-0.05, 0) is 19.4 Å². The van der Waals surface area contributed by atoms with E-state index in [9.17, 15) is 0 Å². The van der Waals surface area contributed by atoms with Crippen LogP contribution >= 0.6 is 0 Å². The minimum Gasteiger partial charge on any atom is -0.493 e. The summed E-state index contributed by atoms with van der Waals surface area (Å²) >= 11 is 0. The Kier molecular flexibility index (Phi) is 4.41. The van der Waals surface area contributed by atoms with Gasteiger partial charge in [-0.15, -0.1) is 0 Å². The van der Waals surface area contributed by atoms with E-state index in [1.165, 1.54) is 0 Å². The second-order valence-corrected chi connectivity index (χ2v) is 4.55. The summed E-state index contributed by atoms with van der Waals surface area (Å²) in [4.78, 5) is 0. The van der Waals surface area contributed by atoms with Gasteiger partial charge in [0.1, 0.15) is 11.7 Å². The van der Waals surface area contributed by atoms with E-state index in [-0.39, 0.29) is 6.04 Å². The number of nitrogens with two attached hydrogens (primary N) is 1. The predicted molar refractivity (Wildman–Crippen MR) is 76.2 cm³/mol. The Morgan fingerprint density at radius 2 is 2.20 bits per heavy atom. The van der Waals surface area contributed by atoms with Crippen LogP contribution in [0.2, 0.25) is 0 Å². The third-order valence-corrected chi connectivity index (χ3v) is 3.43. The Labute approximate surface area is 118 Å². The lowest BCUT2D eigenvalue weighted by molar-refractivity contribution is 0.398. The maximum atomic E-state index is 5.78. The fourth-order valence-corrected chi connectivity index (χ4v) is 2.36. The van der Waals surface area contributed by atoms with Crippen LogP contribution in [0.5, 0.6) is 5.75 Å². The number of hydrogen-bond donors (Lipinski definition) is 2. The van der Waals surface area contributed by atoms with Crippen molar-refractivity contribution in [3.8, 4) is 5.75 Å². The van der Waals surface area contributed by atoms with Crippen molar-refractivity contribution in [3.63, 3.8) is 0 Å². The van der Waals surface area contributed by atoms with Crippen LogP contribution in [0.15, 0.2) is 12.3 Å². The average Bonchev–Trinajstić information content (AvgIpc) is 3.04. The van der Waals surface area contributed by atoms with Gasteiger partial charge in [0, 0.05) is 13.6 Å². The van der Waals surface area contributed by atoms with Gasteiger partial charge in [0.15, 0.2) is 5.75 Å². The molecule has 0 fully saturated rings. The van der Waals surface area contributed by atoms with Crippen molar-refractivity contribution in [3.05, 3.63) is 29.3 Å². The number of rotatable bonds is 6. The molecular formula is C13H22N6O. The van der Waals surface area contributed by atoms with Crippen molar-refractivity contribution in [2.45, 2.75) is 32.9 Å². The van der Waals surface area contributed by atoms with E-state index in [0.717, 1.165) is 30.0 Å². The van der Waals surface area contributed by atoms with Gasteiger partial charge >= 0.3 is 0 Å². The molecule has 7 nitrogen and oxygen atoms in total. The number of nitrogens with zero attached hydrogens (tertiary/aromatic N) is 4. The van der Waals surface area contributed by atoms with E-state index in [1.54, 1.807) is 18.0 Å². The van der Waals surface area contributed by atoms with Crippen LogP contribution in [-0.2, 0) is 20.0 Å². The fourth-order valence-electron chi connectivity index (χ4n) is 2.36. The molecule has 20 heavy (non-hydrogen) atoms. The van der Waals surface area contributed by atoms with Crippen molar-refractivity contribution in [1.29, 1.82) is 0 Å². The highest BCUT2D eigenvalue weighted by Crippen LogP contribution is 2.29. The van der Waals surface area contributed by atoms with Crippen LogP contribution < -0.4 is 16.0 Å². The summed E-state index contributed by atoms with van der Waals surface area (Å²) in [5.41, 5.74) is 5.78. The van der Waals surface area contributed by atoms with E-state index in [2.05, 4.69) is 35.5 Å². The molecule has 110 valence electrons. The van der Waals surface area contributed by atoms with Crippen LogP contribution in [0.1, 0.15) is 37.0 Å². The molecule has 2 heterocycles. The Morgan fingerprint density at radius 1 is 1.45 bits per heavy atom.